The van der Waals surface area contributed by atoms with Gasteiger partial charge in [-0.2, -0.15) is 0 Å². The van der Waals surface area contributed by atoms with Crippen LogP contribution < -0.4 is 0 Å². The SMILES string of the molecule is Cc1cc(CN2CCC(C3CCCCCN3C(=O)c3ccccc3)CC2)on1. The van der Waals surface area contributed by atoms with Crippen LogP contribution in [-0.2, 0) is 6.54 Å². The van der Waals surface area contributed by atoms with Gasteiger partial charge in [0, 0.05) is 24.2 Å². The van der Waals surface area contributed by atoms with Crippen molar-refractivity contribution in [2.45, 2.75) is 58.0 Å². The lowest BCUT2D eigenvalue weighted by Gasteiger charge is -2.40. The number of nitrogens with zero attached hydrogens (tertiary/aromatic N) is 3. The summed E-state index contributed by atoms with van der Waals surface area (Å²) in [7, 11) is 0. The summed E-state index contributed by atoms with van der Waals surface area (Å²) in [5, 5.41) is 3.99. The van der Waals surface area contributed by atoms with Crippen LogP contribution in [0.4, 0.5) is 0 Å². The third-order valence-electron chi connectivity index (χ3n) is 6.31. The number of likely N-dealkylation sites (tertiary alicyclic amines) is 2. The molecule has 1 amide bonds. The van der Waals surface area contributed by atoms with E-state index in [0.717, 1.165) is 68.9 Å². The predicted molar refractivity (Wildman–Crippen MR) is 109 cm³/mol. The van der Waals surface area contributed by atoms with Crippen molar-refractivity contribution in [3.05, 3.63) is 53.4 Å². The largest absolute Gasteiger partial charge is 0.360 e. The minimum absolute atomic E-state index is 0.215. The van der Waals surface area contributed by atoms with Crippen LogP contribution in [-0.4, -0.2) is 46.5 Å². The maximum Gasteiger partial charge on any atom is 0.254 e. The minimum atomic E-state index is 0.215. The van der Waals surface area contributed by atoms with E-state index in [1.54, 1.807) is 0 Å². The van der Waals surface area contributed by atoms with Crippen LogP contribution in [0.5, 0.6) is 0 Å². The third kappa shape index (κ3) is 4.46. The van der Waals surface area contributed by atoms with E-state index in [4.69, 9.17) is 4.52 Å². The molecule has 3 heterocycles. The zero-order valence-corrected chi connectivity index (χ0v) is 16.8. The van der Waals surface area contributed by atoms with Crippen LogP contribution in [0.3, 0.4) is 0 Å². The second-order valence-corrected chi connectivity index (χ2v) is 8.33. The molecule has 1 atom stereocenters. The average Bonchev–Trinajstić information content (AvgIpc) is 2.99. The smallest absolute Gasteiger partial charge is 0.254 e. The monoisotopic (exact) mass is 381 g/mol. The Bertz CT molecular complexity index is 765. The van der Waals surface area contributed by atoms with Crippen LogP contribution in [0.25, 0.3) is 0 Å². The highest BCUT2D eigenvalue weighted by Crippen LogP contribution is 2.31. The maximum absolute atomic E-state index is 13.2. The van der Waals surface area contributed by atoms with Crippen LogP contribution in [0, 0.1) is 12.8 Å². The molecule has 4 rings (SSSR count). The van der Waals surface area contributed by atoms with E-state index in [2.05, 4.69) is 15.0 Å². The molecular weight excluding hydrogens is 350 g/mol. The average molecular weight is 382 g/mol. The molecule has 1 aromatic heterocycles. The summed E-state index contributed by atoms with van der Waals surface area (Å²) in [5.41, 5.74) is 1.77. The lowest BCUT2D eigenvalue weighted by atomic mass is 9.86. The molecule has 5 heteroatoms. The highest BCUT2D eigenvalue weighted by atomic mass is 16.5. The van der Waals surface area contributed by atoms with Crippen LogP contribution in [0.15, 0.2) is 40.9 Å². The van der Waals surface area contributed by atoms with Crippen molar-refractivity contribution in [3.63, 3.8) is 0 Å². The number of hydrogen-bond donors (Lipinski definition) is 0. The number of piperidine rings is 1. The van der Waals surface area contributed by atoms with Gasteiger partial charge in [-0.1, -0.05) is 36.2 Å². The number of benzene rings is 1. The fourth-order valence-electron chi connectivity index (χ4n) is 4.83. The molecular formula is C23H31N3O2. The molecule has 2 aliphatic rings. The molecule has 0 saturated carbocycles. The quantitative estimate of drug-likeness (QED) is 0.793. The lowest BCUT2D eigenvalue weighted by Crippen LogP contribution is -2.47. The topological polar surface area (TPSA) is 49.6 Å². The van der Waals surface area contributed by atoms with Crippen molar-refractivity contribution in [1.29, 1.82) is 0 Å². The summed E-state index contributed by atoms with van der Waals surface area (Å²) in [5.74, 6) is 1.76. The second-order valence-electron chi connectivity index (χ2n) is 8.33. The number of aryl methyl sites for hydroxylation is 1. The normalized spacial score (nSPS) is 22.2. The Morgan fingerprint density at radius 2 is 1.86 bits per heavy atom. The highest BCUT2D eigenvalue weighted by Gasteiger charge is 2.34. The summed E-state index contributed by atoms with van der Waals surface area (Å²) in [4.78, 5) is 17.9. The van der Waals surface area contributed by atoms with Crippen molar-refractivity contribution in [2.24, 2.45) is 5.92 Å². The Morgan fingerprint density at radius 1 is 1.07 bits per heavy atom. The highest BCUT2D eigenvalue weighted by molar-refractivity contribution is 5.94. The predicted octanol–water partition coefficient (Wildman–Crippen LogP) is 4.28. The van der Waals surface area contributed by atoms with Gasteiger partial charge in [0.2, 0.25) is 0 Å². The molecule has 5 nitrogen and oxygen atoms in total. The molecule has 2 fully saturated rings. The van der Waals surface area contributed by atoms with E-state index in [0.29, 0.717) is 12.0 Å². The number of aromatic nitrogens is 1. The number of hydrogen-bond acceptors (Lipinski definition) is 4. The molecule has 1 unspecified atom stereocenters. The maximum atomic E-state index is 13.2. The molecule has 0 N–H and O–H groups in total. The molecule has 0 bridgehead atoms. The molecule has 2 aromatic rings. The van der Waals surface area contributed by atoms with Gasteiger partial charge in [0.25, 0.3) is 5.91 Å². The van der Waals surface area contributed by atoms with Gasteiger partial charge in [-0.3, -0.25) is 9.69 Å². The van der Waals surface area contributed by atoms with Gasteiger partial charge in [0.05, 0.1) is 12.2 Å². The van der Waals surface area contributed by atoms with Gasteiger partial charge >= 0.3 is 0 Å². The van der Waals surface area contributed by atoms with E-state index in [9.17, 15) is 4.79 Å². The number of rotatable bonds is 4. The first-order valence-corrected chi connectivity index (χ1v) is 10.7. The Hall–Kier alpha value is -2.14. The molecule has 2 aliphatic heterocycles. The molecule has 150 valence electrons. The van der Waals surface area contributed by atoms with Crippen molar-refractivity contribution in [2.75, 3.05) is 19.6 Å². The third-order valence-corrected chi connectivity index (χ3v) is 6.31. The first-order valence-electron chi connectivity index (χ1n) is 10.7. The molecule has 0 radical (unpaired) electrons. The van der Waals surface area contributed by atoms with Crippen molar-refractivity contribution in [3.8, 4) is 0 Å². The zero-order valence-electron chi connectivity index (χ0n) is 16.8. The van der Waals surface area contributed by atoms with Gasteiger partial charge in [0.15, 0.2) is 5.76 Å². The first kappa shape index (κ1) is 19.2. The number of amides is 1. The van der Waals surface area contributed by atoms with Crippen molar-refractivity contribution < 1.29 is 9.32 Å². The molecule has 0 spiro atoms. The summed E-state index contributed by atoms with van der Waals surface area (Å²) in [6.07, 6.45) is 7.04. The zero-order chi connectivity index (χ0) is 19.3. The van der Waals surface area contributed by atoms with E-state index in [1.807, 2.05) is 43.3 Å². The Labute approximate surface area is 167 Å². The minimum Gasteiger partial charge on any atom is -0.360 e. The van der Waals surface area contributed by atoms with Crippen molar-refractivity contribution in [1.82, 2.24) is 15.0 Å². The van der Waals surface area contributed by atoms with Gasteiger partial charge in [0.1, 0.15) is 0 Å². The van der Waals surface area contributed by atoms with Crippen molar-refractivity contribution >= 4 is 5.91 Å². The standard InChI is InChI=1S/C23H31N3O2/c1-18-16-21(28-24-18)17-25-14-11-19(12-15-25)22-10-6-3-7-13-26(22)23(27)20-8-4-2-5-9-20/h2,4-5,8-9,16,19,22H,3,6-7,10-15,17H2,1H3. The molecule has 0 aliphatic carbocycles. The van der Waals surface area contributed by atoms with E-state index in [1.165, 1.54) is 12.8 Å². The second kappa shape index (κ2) is 8.91. The summed E-state index contributed by atoms with van der Waals surface area (Å²) in [6.45, 7) is 5.83. The van der Waals surface area contributed by atoms with Gasteiger partial charge in [-0.15, -0.1) is 0 Å². The lowest BCUT2D eigenvalue weighted by molar-refractivity contribution is 0.0508. The Balaban J connectivity index is 1.40. The van der Waals surface area contributed by atoms with Crippen LogP contribution >= 0.6 is 0 Å². The Kier molecular flexibility index (Phi) is 6.10. The molecule has 1 aromatic carbocycles. The fourth-order valence-corrected chi connectivity index (χ4v) is 4.83. The fraction of sp³-hybridized carbons (Fsp3) is 0.565. The molecule has 28 heavy (non-hydrogen) atoms. The van der Waals surface area contributed by atoms with Crippen LogP contribution in [0.1, 0.15) is 60.3 Å². The summed E-state index contributed by atoms with van der Waals surface area (Å²) in [6, 6.07) is 12.2. The molecule has 2 saturated heterocycles. The van der Waals surface area contributed by atoms with Crippen LogP contribution in [0.2, 0.25) is 0 Å². The van der Waals surface area contributed by atoms with E-state index >= 15 is 0 Å². The van der Waals surface area contributed by atoms with Gasteiger partial charge < -0.3 is 9.42 Å². The van der Waals surface area contributed by atoms with Gasteiger partial charge in [-0.05, 0) is 63.7 Å². The van der Waals surface area contributed by atoms with E-state index < -0.39 is 0 Å². The Morgan fingerprint density at radius 3 is 2.57 bits per heavy atom. The summed E-state index contributed by atoms with van der Waals surface area (Å²) < 4.78 is 5.38. The van der Waals surface area contributed by atoms with Gasteiger partial charge in [-0.25, -0.2) is 0 Å². The number of carbonyl (C=O) groups excluding carboxylic acids is 1. The first-order chi connectivity index (χ1) is 13.7. The summed E-state index contributed by atoms with van der Waals surface area (Å²) >= 11 is 0. The van der Waals surface area contributed by atoms with E-state index in [-0.39, 0.29) is 5.91 Å². The number of carbonyl (C=O) groups is 1.